The van der Waals surface area contributed by atoms with Crippen molar-refractivity contribution in [3.63, 3.8) is 0 Å². The number of sulfone groups is 1. The first kappa shape index (κ1) is 12.6. The third kappa shape index (κ3) is 6.72. The maximum absolute atomic E-state index is 11.0. The Morgan fingerprint density at radius 1 is 1.31 bits per heavy atom. The highest BCUT2D eigenvalue weighted by Crippen LogP contribution is 1.99. The largest absolute Gasteiger partial charge is 0.330 e. The molecule has 0 aromatic carbocycles. The first-order chi connectivity index (χ1) is 6.02. The predicted molar refractivity (Wildman–Crippen MR) is 52.2 cm³/mol. The highest BCUT2D eigenvalue weighted by molar-refractivity contribution is 7.91. The molecule has 0 bridgehead atoms. The average molecular weight is 207 g/mol. The number of Topliss-reactive ketones (excluding diaryl/α,β-unsaturated/α-hetero) is 1. The summed E-state index contributed by atoms with van der Waals surface area (Å²) >= 11 is 0. The van der Waals surface area contributed by atoms with Crippen LogP contribution in [0, 0.1) is 0 Å². The number of ketones is 1. The molecule has 0 atom stereocenters. The van der Waals surface area contributed by atoms with Crippen LogP contribution in [0.4, 0.5) is 0 Å². The maximum Gasteiger partial charge on any atom is 0.150 e. The van der Waals surface area contributed by atoms with Crippen molar-refractivity contribution in [1.29, 1.82) is 0 Å². The number of carbonyl (C=O) groups is 1. The second-order valence-corrected chi connectivity index (χ2v) is 5.39. The first-order valence-corrected chi connectivity index (χ1v) is 6.26. The van der Waals surface area contributed by atoms with Crippen LogP contribution in [-0.2, 0) is 14.6 Å². The van der Waals surface area contributed by atoms with E-state index in [1.165, 1.54) is 0 Å². The van der Waals surface area contributed by atoms with Gasteiger partial charge in [0, 0.05) is 18.6 Å². The van der Waals surface area contributed by atoms with E-state index in [9.17, 15) is 13.2 Å². The van der Waals surface area contributed by atoms with E-state index in [2.05, 4.69) is 0 Å². The zero-order chi connectivity index (χ0) is 10.3. The Hall–Kier alpha value is -0.420. The lowest BCUT2D eigenvalue weighted by atomic mass is 10.2. The summed E-state index contributed by atoms with van der Waals surface area (Å²) in [6, 6.07) is 0. The van der Waals surface area contributed by atoms with E-state index < -0.39 is 9.84 Å². The molecule has 0 unspecified atom stereocenters. The molecule has 0 rings (SSSR count). The van der Waals surface area contributed by atoms with Crippen molar-refractivity contribution in [2.75, 3.05) is 18.1 Å². The van der Waals surface area contributed by atoms with Crippen molar-refractivity contribution in [2.24, 2.45) is 5.73 Å². The molecule has 2 N–H and O–H groups in total. The third-order valence-electron chi connectivity index (χ3n) is 1.77. The van der Waals surface area contributed by atoms with Gasteiger partial charge in [0.15, 0.2) is 0 Å². The van der Waals surface area contributed by atoms with E-state index in [0.717, 1.165) is 0 Å². The molecule has 0 saturated heterocycles. The van der Waals surface area contributed by atoms with E-state index in [-0.39, 0.29) is 17.3 Å². The van der Waals surface area contributed by atoms with Gasteiger partial charge >= 0.3 is 0 Å². The Balaban J connectivity index is 3.62. The second-order valence-electron chi connectivity index (χ2n) is 2.92. The number of carbonyl (C=O) groups excluding carboxylic acids is 1. The molecule has 0 fully saturated rings. The molecule has 0 aromatic rings. The molecule has 0 amide bonds. The topological polar surface area (TPSA) is 77.2 Å². The van der Waals surface area contributed by atoms with Crippen LogP contribution in [0.2, 0.25) is 0 Å². The lowest BCUT2D eigenvalue weighted by molar-refractivity contribution is -0.118. The van der Waals surface area contributed by atoms with Gasteiger partial charge in [-0.25, -0.2) is 8.42 Å². The van der Waals surface area contributed by atoms with Crippen LogP contribution in [-0.4, -0.2) is 32.3 Å². The predicted octanol–water partition coefficient (Wildman–Crippen LogP) is 0.119. The Bertz CT molecular complexity index is 246. The highest BCUT2D eigenvalue weighted by atomic mass is 32.2. The summed E-state index contributed by atoms with van der Waals surface area (Å²) in [5.74, 6) is 0.312. The van der Waals surface area contributed by atoms with Crippen LogP contribution in [0.3, 0.4) is 0 Å². The van der Waals surface area contributed by atoms with Crippen molar-refractivity contribution in [3.05, 3.63) is 0 Å². The fourth-order valence-corrected chi connectivity index (χ4v) is 1.79. The zero-order valence-electron chi connectivity index (χ0n) is 7.95. The monoisotopic (exact) mass is 207 g/mol. The van der Waals surface area contributed by atoms with E-state index in [0.29, 0.717) is 25.8 Å². The van der Waals surface area contributed by atoms with Crippen molar-refractivity contribution in [2.45, 2.75) is 26.2 Å². The van der Waals surface area contributed by atoms with Gasteiger partial charge in [0.2, 0.25) is 0 Å². The summed E-state index contributed by atoms with van der Waals surface area (Å²) in [4.78, 5) is 10.9. The molecule has 0 aliphatic heterocycles. The molecule has 0 aromatic heterocycles. The first-order valence-electron chi connectivity index (χ1n) is 4.44. The molecule has 0 radical (unpaired) electrons. The fourth-order valence-electron chi connectivity index (χ4n) is 0.920. The van der Waals surface area contributed by atoms with E-state index in [4.69, 9.17) is 5.73 Å². The van der Waals surface area contributed by atoms with Crippen molar-refractivity contribution < 1.29 is 13.2 Å². The van der Waals surface area contributed by atoms with Gasteiger partial charge in [-0.3, -0.25) is 4.79 Å². The van der Waals surface area contributed by atoms with Crippen LogP contribution in [0.15, 0.2) is 0 Å². The molecule has 0 saturated carbocycles. The number of hydrogen-bond donors (Lipinski definition) is 1. The number of rotatable bonds is 7. The Labute approximate surface area is 79.4 Å². The standard InChI is InChI=1S/C8H17NO3S/c1-2-13(11,12)7-3-4-8(10)5-6-9/h2-7,9H2,1H3. The minimum Gasteiger partial charge on any atom is -0.330 e. The molecule has 0 aliphatic carbocycles. The van der Waals surface area contributed by atoms with Gasteiger partial charge in [-0.15, -0.1) is 0 Å². The van der Waals surface area contributed by atoms with Crippen LogP contribution in [0.25, 0.3) is 0 Å². The highest BCUT2D eigenvalue weighted by Gasteiger charge is 2.08. The maximum atomic E-state index is 11.0. The Morgan fingerprint density at radius 2 is 1.92 bits per heavy atom. The van der Waals surface area contributed by atoms with Gasteiger partial charge in [-0.05, 0) is 13.0 Å². The van der Waals surface area contributed by atoms with Crippen molar-refractivity contribution in [1.82, 2.24) is 0 Å². The smallest absolute Gasteiger partial charge is 0.150 e. The Kier molecular flexibility index (Phi) is 5.90. The van der Waals surface area contributed by atoms with E-state index in [1.807, 2.05) is 0 Å². The summed E-state index contributed by atoms with van der Waals surface area (Å²) in [5, 5.41) is 0. The van der Waals surface area contributed by atoms with Crippen LogP contribution < -0.4 is 5.73 Å². The number of hydrogen-bond acceptors (Lipinski definition) is 4. The van der Waals surface area contributed by atoms with E-state index >= 15 is 0 Å². The van der Waals surface area contributed by atoms with Crippen molar-refractivity contribution in [3.8, 4) is 0 Å². The fraction of sp³-hybridized carbons (Fsp3) is 0.875. The van der Waals surface area contributed by atoms with Crippen LogP contribution >= 0.6 is 0 Å². The van der Waals surface area contributed by atoms with Gasteiger partial charge in [0.25, 0.3) is 0 Å². The summed E-state index contributed by atoms with van der Waals surface area (Å²) in [5.41, 5.74) is 5.17. The minimum absolute atomic E-state index is 0.0498. The zero-order valence-corrected chi connectivity index (χ0v) is 8.77. The van der Waals surface area contributed by atoms with E-state index in [1.54, 1.807) is 6.92 Å². The number of nitrogens with two attached hydrogens (primary N) is 1. The minimum atomic E-state index is -2.91. The summed E-state index contributed by atoms with van der Waals surface area (Å²) in [6.07, 6.45) is 1.11. The van der Waals surface area contributed by atoms with Gasteiger partial charge < -0.3 is 5.73 Å². The lowest BCUT2D eigenvalue weighted by Gasteiger charge is -2.00. The summed E-state index contributed by atoms with van der Waals surface area (Å²) < 4.78 is 22.0. The van der Waals surface area contributed by atoms with Crippen molar-refractivity contribution >= 4 is 15.6 Å². The summed E-state index contributed by atoms with van der Waals surface area (Å²) in [6.45, 7) is 1.95. The molecule has 0 spiro atoms. The van der Waals surface area contributed by atoms with Gasteiger partial charge in [0.1, 0.15) is 15.6 Å². The van der Waals surface area contributed by atoms with Gasteiger partial charge in [0.05, 0.1) is 5.75 Å². The lowest BCUT2D eigenvalue weighted by Crippen LogP contribution is -2.12. The molecule has 4 nitrogen and oxygen atoms in total. The van der Waals surface area contributed by atoms with Crippen LogP contribution in [0.5, 0.6) is 0 Å². The second kappa shape index (κ2) is 6.10. The Morgan fingerprint density at radius 3 is 2.38 bits per heavy atom. The third-order valence-corrected chi connectivity index (χ3v) is 3.56. The molecular formula is C8H17NO3S. The summed E-state index contributed by atoms with van der Waals surface area (Å²) in [7, 11) is -2.91. The molecule has 5 heteroatoms. The SMILES string of the molecule is CCS(=O)(=O)CCCC(=O)CCN. The normalized spacial score (nSPS) is 11.5. The average Bonchev–Trinajstić information content (AvgIpc) is 2.05. The molecule has 0 aliphatic rings. The molecular weight excluding hydrogens is 190 g/mol. The molecule has 13 heavy (non-hydrogen) atoms. The van der Waals surface area contributed by atoms with Gasteiger partial charge in [-0.2, -0.15) is 0 Å². The quantitative estimate of drug-likeness (QED) is 0.643. The molecule has 78 valence electrons. The molecule has 0 heterocycles. The van der Waals surface area contributed by atoms with Crippen LogP contribution in [0.1, 0.15) is 26.2 Å². The van der Waals surface area contributed by atoms with Gasteiger partial charge in [-0.1, -0.05) is 6.92 Å².